The second kappa shape index (κ2) is 7.27. The predicted octanol–water partition coefficient (Wildman–Crippen LogP) is 2.63. The zero-order valence-electron chi connectivity index (χ0n) is 14.9. The van der Waals surface area contributed by atoms with Gasteiger partial charge in [0, 0.05) is 49.7 Å². The van der Waals surface area contributed by atoms with Crippen LogP contribution in [0.5, 0.6) is 5.88 Å². The fraction of sp³-hybridized carbons (Fsp3) is 0.526. The lowest BCUT2D eigenvalue weighted by Crippen LogP contribution is -2.29. The van der Waals surface area contributed by atoms with E-state index >= 15 is 0 Å². The van der Waals surface area contributed by atoms with Gasteiger partial charge in [0.15, 0.2) is 5.78 Å². The molecule has 4 rings (SSSR count). The summed E-state index contributed by atoms with van der Waals surface area (Å²) in [5, 5.41) is 0.281. The van der Waals surface area contributed by atoms with Gasteiger partial charge < -0.3 is 14.5 Å². The smallest absolute Gasteiger partial charge is 0.215 e. The average Bonchev–Trinajstić information content (AvgIpc) is 3.27. The van der Waals surface area contributed by atoms with E-state index in [1.165, 1.54) is 18.5 Å². The molecule has 0 spiro atoms. The van der Waals surface area contributed by atoms with Crippen LogP contribution in [0.25, 0.3) is 0 Å². The number of ether oxygens (including phenoxy) is 1. The second-order valence-corrected chi connectivity index (χ2v) is 7.48. The Balaban J connectivity index is 1.42. The largest absolute Gasteiger partial charge is 0.472 e. The van der Waals surface area contributed by atoms with Crippen LogP contribution in [0, 0.1) is 0 Å². The lowest BCUT2D eigenvalue weighted by atomic mass is 10.2. The van der Waals surface area contributed by atoms with Crippen LogP contribution in [0.4, 0.5) is 5.69 Å². The Morgan fingerprint density at radius 3 is 3.00 bits per heavy atom. The zero-order chi connectivity index (χ0) is 18.1. The van der Waals surface area contributed by atoms with E-state index in [4.69, 9.17) is 16.3 Å². The first-order valence-electron chi connectivity index (χ1n) is 9.19. The third-order valence-corrected chi connectivity index (χ3v) is 5.70. The SMILES string of the molecule is CC1CCCN1c1ccnc(O[C@@H]2CCN(C3=C(Cl)C(=O)CN=C3)C2)c1. The van der Waals surface area contributed by atoms with Crippen molar-refractivity contribution in [3.8, 4) is 5.88 Å². The molecular weight excluding hydrogens is 352 g/mol. The zero-order valence-corrected chi connectivity index (χ0v) is 15.7. The predicted molar refractivity (Wildman–Crippen MR) is 102 cm³/mol. The Morgan fingerprint density at radius 1 is 1.31 bits per heavy atom. The van der Waals surface area contributed by atoms with Crippen LogP contribution >= 0.6 is 11.6 Å². The topological polar surface area (TPSA) is 58.0 Å². The van der Waals surface area contributed by atoms with Crippen LogP contribution in [-0.2, 0) is 4.79 Å². The lowest BCUT2D eigenvalue weighted by molar-refractivity contribution is -0.113. The molecule has 2 saturated heterocycles. The number of pyridine rings is 1. The number of dihydropyridines is 1. The van der Waals surface area contributed by atoms with E-state index in [-0.39, 0.29) is 23.5 Å². The number of rotatable bonds is 4. The van der Waals surface area contributed by atoms with E-state index in [0.717, 1.165) is 19.5 Å². The van der Waals surface area contributed by atoms with Crippen molar-refractivity contribution in [1.82, 2.24) is 9.88 Å². The van der Waals surface area contributed by atoms with Gasteiger partial charge in [0.2, 0.25) is 5.88 Å². The van der Waals surface area contributed by atoms with Crippen LogP contribution < -0.4 is 9.64 Å². The number of hydrogen-bond acceptors (Lipinski definition) is 6. The maximum absolute atomic E-state index is 11.7. The molecule has 2 atom stereocenters. The van der Waals surface area contributed by atoms with Gasteiger partial charge in [-0.25, -0.2) is 4.98 Å². The van der Waals surface area contributed by atoms with Crippen molar-refractivity contribution in [1.29, 1.82) is 0 Å². The molecule has 0 N–H and O–H groups in total. The average molecular weight is 375 g/mol. The number of allylic oxidation sites excluding steroid dienone is 1. The van der Waals surface area contributed by atoms with Crippen molar-refractivity contribution in [2.24, 2.45) is 4.99 Å². The number of hydrogen-bond donors (Lipinski definition) is 0. The fourth-order valence-corrected chi connectivity index (χ4v) is 4.11. The summed E-state index contributed by atoms with van der Waals surface area (Å²) in [4.78, 5) is 24.7. The van der Waals surface area contributed by atoms with Crippen molar-refractivity contribution in [3.05, 3.63) is 29.1 Å². The minimum Gasteiger partial charge on any atom is -0.472 e. The summed E-state index contributed by atoms with van der Waals surface area (Å²) in [6.07, 6.45) is 6.85. The maximum atomic E-state index is 11.7. The van der Waals surface area contributed by atoms with Gasteiger partial charge in [-0.1, -0.05) is 11.6 Å². The van der Waals surface area contributed by atoms with Gasteiger partial charge >= 0.3 is 0 Å². The molecule has 0 bridgehead atoms. The lowest BCUT2D eigenvalue weighted by Gasteiger charge is -2.24. The third kappa shape index (κ3) is 3.43. The third-order valence-electron chi connectivity index (χ3n) is 5.29. The summed E-state index contributed by atoms with van der Waals surface area (Å²) in [7, 11) is 0. The van der Waals surface area contributed by atoms with Gasteiger partial charge in [-0.3, -0.25) is 9.79 Å². The van der Waals surface area contributed by atoms with E-state index in [0.29, 0.717) is 24.2 Å². The van der Waals surface area contributed by atoms with Gasteiger partial charge in [0.1, 0.15) is 17.7 Å². The number of likely N-dealkylation sites (tertiary alicyclic amines) is 1. The molecule has 0 radical (unpaired) electrons. The summed E-state index contributed by atoms with van der Waals surface area (Å²) in [5.74, 6) is 0.532. The van der Waals surface area contributed by atoms with Gasteiger partial charge in [-0.2, -0.15) is 0 Å². The number of aliphatic imine (C=N–C) groups is 1. The minimum atomic E-state index is -0.123. The number of carbonyl (C=O) groups is 1. The summed E-state index contributed by atoms with van der Waals surface area (Å²) < 4.78 is 6.12. The summed E-state index contributed by atoms with van der Waals surface area (Å²) in [6, 6.07) is 4.64. The highest BCUT2D eigenvalue weighted by Crippen LogP contribution is 2.29. The Hall–Kier alpha value is -2.08. The molecule has 0 amide bonds. The fourth-order valence-electron chi connectivity index (χ4n) is 3.88. The molecule has 7 heteroatoms. The van der Waals surface area contributed by atoms with Crippen molar-refractivity contribution in [3.63, 3.8) is 0 Å². The van der Waals surface area contributed by atoms with Crippen molar-refractivity contribution in [2.75, 3.05) is 31.1 Å². The van der Waals surface area contributed by atoms with E-state index in [9.17, 15) is 4.79 Å². The molecule has 1 aromatic heterocycles. The molecule has 6 nitrogen and oxygen atoms in total. The van der Waals surface area contributed by atoms with Gasteiger partial charge in [0.05, 0.1) is 12.2 Å². The van der Waals surface area contributed by atoms with Gasteiger partial charge in [-0.05, 0) is 25.8 Å². The first kappa shape index (κ1) is 17.3. The molecular formula is C19H23ClN4O2. The molecule has 0 saturated carbocycles. The maximum Gasteiger partial charge on any atom is 0.215 e. The van der Waals surface area contributed by atoms with Crippen LogP contribution in [0.2, 0.25) is 0 Å². The Kier molecular flexibility index (Phi) is 4.85. The molecule has 0 aromatic carbocycles. The molecule has 1 unspecified atom stereocenters. The molecule has 3 aliphatic heterocycles. The minimum absolute atomic E-state index is 0.0242. The highest BCUT2D eigenvalue weighted by Gasteiger charge is 2.29. The van der Waals surface area contributed by atoms with Crippen molar-refractivity contribution >= 4 is 29.3 Å². The number of carbonyl (C=O) groups excluding carboxylic acids is 1. The first-order valence-corrected chi connectivity index (χ1v) is 9.56. The Morgan fingerprint density at radius 2 is 2.19 bits per heavy atom. The molecule has 3 aliphatic rings. The summed E-state index contributed by atoms with van der Waals surface area (Å²) >= 11 is 6.17. The molecule has 0 aliphatic carbocycles. The van der Waals surface area contributed by atoms with E-state index in [1.807, 2.05) is 18.3 Å². The second-order valence-electron chi connectivity index (χ2n) is 7.10. The molecule has 2 fully saturated rings. The highest BCUT2D eigenvalue weighted by molar-refractivity contribution is 6.44. The number of anilines is 1. The summed E-state index contributed by atoms with van der Waals surface area (Å²) in [6.45, 7) is 4.95. The Bertz CT molecular complexity index is 764. The number of ketones is 1. The monoisotopic (exact) mass is 374 g/mol. The van der Waals surface area contributed by atoms with E-state index < -0.39 is 0 Å². The van der Waals surface area contributed by atoms with Crippen LogP contribution in [-0.4, -0.2) is 60.2 Å². The molecule has 1 aromatic rings. The molecule has 138 valence electrons. The molecule has 26 heavy (non-hydrogen) atoms. The van der Waals surface area contributed by atoms with Crippen molar-refractivity contribution in [2.45, 2.75) is 38.3 Å². The first-order chi connectivity index (χ1) is 12.6. The number of halogens is 1. The van der Waals surface area contributed by atoms with Crippen molar-refractivity contribution < 1.29 is 9.53 Å². The Labute approximate surface area is 158 Å². The van der Waals surface area contributed by atoms with Crippen LogP contribution in [0.3, 0.4) is 0 Å². The van der Waals surface area contributed by atoms with Gasteiger partial charge in [-0.15, -0.1) is 0 Å². The van der Waals surface area contributed by atoms with E-state index in [1.54, 1.807) is 6.21 Å². The number of aromatic nitrogens is 1. The van der Waals surface area contributed by atoms with Crippen LogP contribution in [0.15, 0.2) is 34.1 Å². The standard InChI is InChI=1S/C19H23ClN4O2/c1-13-3-2-7-24(13)14-4-6-22-18(9-14)26-15-5-8-23(12-15)16-10-21-11-17(25)19(16)20/h4,6,9-10,13,15H,2-3,5,7-8,11-12H2,1H3/t13?,15-/m1/s1. The van der Waals surface area contributed by atoms with Gasteiger partial charge in [0.25, 0.3) is 0 Å². The highest BCUT2D eigenvalue weighted by atomic mass is 35.5. The van der Waals surface area contributed by atoms with E-state index in [2.05, 4.69) is 26.7 Å². The quantitative estimate of drug-likeness (QED) is 0.810. The van der Waals surface area contributed by atoms with Crippen LogP contribution in [0.1, 0.15) is 26.2 Å². The summed E-state index contributed by atoms with van der Waals surface area (Å²) in [5.41, 5.74) is 1.88. The molecule has 4 heterocycles. The normalized spacial score (nSPS) is 26.2. The number of nitrogens with zero attached hydrogens (tertiary/aromatic N) is 4. The number of Topliss-reactive ketones (excluding diaryl/α,β-unsaturated/α-hetero) is 1.